The average Bonchev–Trinajstić information content (AvgIpc) is 2.66. The summed E-state index contributed by atoms with van der Waals surface area (Å²) in [6.45, 7) is 3.05. The topological polar surface area (TPSA) is 64.6 Å². The Hall–Kier alpha value is -2.82. The second-order valence-corrected chi connectivity index (χ2v) is 5.53. The molecule has 0 unspecified atom stereocenters. The number of benzene rings is 2. The van der Waals surface area contributed by atoms with Gasteiger partial charge in [0.05, 0.1) is 13.0 Å². The minimum Gasteiger partial charge on any atom is -0.489 e. The van der Waals surface area contributed by atoms with Crippen LogP contribution >= 0.6 is 0 Å². The Bertz CT molecular complexity index is 668. The summed E-state index contributed by atoms with van der Waals surface area (Å²) in [5.41, 5.74) is 1.52. The maximum atomic E-state index is 12.0. The molecule has 0 spiro atoms. The van der Waals surface area contributed by atoms with Gasteiger partial charge in [0.2, 0.25) is 0 Å². The quantitative estimate of drug-likeness (QED) is 0.711. The van der Waals surface area contributed by atoms with Crippen molar-refractivity contribution in [3.8, 4) is 5.75 Å². The standard InChI is InChI=1S/C20H23NO4/c1-2-14-24-19(22)12-13-21-20(23)17-10-8-16(9-11-17)15-25-18-6-4-3-5-7-18/h3-11H,2,12-15H2,1H3,(H,21,23). The van der Waals surface area contributed by atoms with Crippen LogP contribution in [-0.2, 0) is 16.1 Å². The monoisotopic (exact) mass is 341 g/mol. The summed E-state index contributed by atoms with van der Waals surface area (Å²) in [4.78, 5) is 23.4. The molecule has 0 bridgehead atoms. The van der Waals surface area contributed by atoms with E-state index in [1.807, 2.05) is 49.4 Å². The van der Waals surface area contributed by atoms with E-state index in [1.165, 1.54) is 0 Å². The van der Waals surface area contributed by atoms with Gasteiger partial charge in [-0.2, -0.15) is 0 Å². The zero-order valence-electron chi connectivity index (χ0n) is 14.4. The number of hydrogen-bond acceptors (Lipinski definition) is 4. The molecule has 0 aliphatic carbocycles. The zero-order chi connectivity index (χ0) is 17.9. The second kappa shape index (κ2) is 10.1. The number of nitrogens with one attached hydrogen (secondary N) is 1. The molecule has 5 nitrogen and oxygen atoms in total. The lowest BCUT2D eigenvalue weighted by atomic mass is 10.1. The number of esters is 1. The van der Waals surface area contributed by atoms with Gasteiger partial charge in [0.25, 0.3) is 5.91 Å². The number of hydrogen-bond donors (Lipinski definition) is 1. The van der Waals surface area contributed by atoms with Gasteiger partial charge in [0.15, 0.2) is 0 Å². The van der Waals surface area contributed by atoms with Crippen LogP contribution < -0.4 is 10.1 Å². The van der Waals surface area contributed by atoms with Crippen molar-refractivity contribution in [1.29, 1.82) is 0 Å². The number of rotatable bonds is 9. The zero-order valence-corrected chi connectivity index (χ0v) is 14.4. The Kier molecular flexibility index (Phi) is 7.50. The Balaban J connectivity index is 1.75. The van der Waals surface area contributed by atoms with Crippen LogP contribution in [-0.4, -0.2) is 25.0 Å². The summed E-state index contributed by atoms with van der Waals surface area (Å²) < 4.78 is 10.6. The summed E-state index contributed by atoms with van der Waals surface area (Å²) in [5, 5.41) is 2.71. The van der Waals surface area contributed by atoms with Crippen LogP contribution in [0.3, 0.4) is 0 Å². The smallest absolute Gasteiger partial charge is 0.307 e. The molecule has 25 heavy (non-hydrogen) atoms. The van der Waals surface area contributed by atoms with Crippen LogP contribution in [0.2, 0.25) is 0 Å². The number of carbonyl (C=O) groups excluding carboxylic acids is 2. The van der Waals surface area contributed by atoms with E-state index in [0.29, 0.717) is 18.8 Å². The van der Waals surface area contributed by atoms with E-state index in [2.05, 4.69) is 5.32 Å². The van der Waals surface area contributed by atoms with Gasteiger partial charge < -0.3 is 14.8 Å². The molecule has 0 aromatic heterocycles. The van der Waals surface area contributed by atoms with E-state index in [1.54, 1.807) is 12.1 Å². The summed E-state index contributed by atoms with van der Waals surface area (Å²) in [6.07, 6.45) is 0.965. The lowest BCUT2D eigenvalue weighted by molar-refractivity contribution is -0.143. The Morgan fingerprint density at radius 1 is 1.00 bits per heavy atom. The van der Waals surface area contributed by atoms with Crippen LogP contribution in [0.5, 0.6) is 5.75 Å². The molecule has 2 rings (SSSR count). The molecule has 0 heterocycles. The van der Waals surface area contributed by atoms with Crippen LogP contribution in [0, 0.1) is 0 Å². The molecule has 0 fully saturated rings. The molecule has 0 saturated heterocycles. The normalized spacial score (nSPS) is 10.1. The van der Waals surface area contributed by atoms with E-state index >= 15 is 0 Å². The third-order valence-corrected chi connectivity index (χ3v) is 3.45. The predicted octanol–water partition coefficient (Wildman–Crippen LogP) is 3.34. The summed E-state index contributed by atoms with van der Waals surface area (Å²) >= 11 is 0. The molecule has 1 amide bonds. The molecule has 132 valence electrons. The van der Waals surface area contributed by atoms with Crippen molar-refractivity contribution >= 4 is 11.9 Å². The van der Waals surface area contributed by atoms with Gasteiger partial charge in [-0.05, 0) is 36.2 Å². The Morgan fingerprint density at radius 3 is 2.40 bits per heavy atom. The maximum Gasteiger partial charge on any atom is 0.307 e. The number of para-hydroxylation sites is 1. The van der Waals surface area contributed by atoms with Crippen molar-refractivity contribution in [3.05, 3.63) is 65.7 Å². The highest BCUT2D eigenvalue weighted by Gasteiger charge is 2.07. The maximum absolute atomic E-state index is 12.0. The first-order valence-electron chi connectivity index (χ1n) is 8.39. The molecule has 0 aliphatic heterocycles. The third-order valence-electron chi connectivity index (χ3n) is 3.45. The van der Waals surface area contributed by atoms with E-state index in [4.69, 9.17) is 9.47 Å². The first-order valence-corrected chi connectivity index (χ1v) is 8.39. The highest BCUT2D eigenvalue weighted by atomic mass is 16.5. The lowest BCUT2D eigenvalue weighted by Crippen LogP contribution is -2.26. The molecule has 2 aromatic carbocycles. The van der Waals surface area contributed by atoms with Crippen LogP contribution in [0.25, 0.3) is 0 Å². The fraction of sp³-hybridized carbons (Fsp3) is 0.300. The van der Waals surface area contributed by atoms with Gasteiger partial charge in [0, 0.05) is 12.1 Å². The summed E-state index contributed by atoms with van der Waals surface area (Å²) in [6, 6.07) is 16.8. The van der Waals surface area contributed by atoms with Crippen molar-refractivity contribution in [3.63, 3.8) is 0 Å². The average molecular weight is 341 g/mol. The first kappa shape index (κ1) is 18.5. The van der Waals surface area contributed by atoms with E-state index in [-0.39, 0.29) is 24.8 Å². The fourth-order valence-electron chi connectivity index (χ4n) is 2.10. The van der Waals surface area contributed by atoms with Crippen LogP contribution in [0.15, 0.2) is 54.6 Å². The van der Waals surface area contributed by atoms with Crippen molar-refractivity contribution in [2.24, 2.45) is 0 Å². The van der Waals surface area contributed by atoms with Crippen LogP contribution in [0.4, 0.5) is 0 Å². The molecule has 0 radical (unpaired) electrons. The largest absolute Gasteiger partial charge is 0.489 e. The number of amides is 1. The second-order valence-electron chi connectivity index (χ2n) is 5.53. The van der Waals surface area contributed by atoms with Crippen molar-refractivity contribution in [2.75, 3.05) is 13.2 Å². The van der Waals surface area contributed by atoms with Crippen molar-refractivity contribution < 1.29 is 19.1 Å². The number of carbonyl (C=O) groups is 2. The predicted molar refractivity (Wildman–Crippen MR) is 95.4 cm³/mol. The van der Waals surface area contributed by atoms with Gasteiger partial charge in [0.1, 0.15) is 12.4 Å². The number of ether oxygens (including phenoxy) is 2. The highest BCUT2D eigenvalue weighted by molar-refractivity contribution is 5.94. The van der Waals surface area contributed by atoms with Gasteiger partial charge >= 0.3 is 5.97 Å². The first-order chi connectivity index (χ1) is 12.2. The van der Waals surface area contributed by atoms with E-state index in [9.17, 15) is 9.59 Å². The lowest BCUT2D eigenvalue weighted by Gasteiger charge is -2.08. The molecular formula is C20H23NO4. The van der Waals surface area contributed by atoms with Crippen molar-refractivity contribution in [2.45, 2.75) is 26.4 Å². The molecule has 0 saturated carbocycles. The Labute approximate surface area is 148 Å². The summed E-state index contributed by atoms with van der Waals surface area (Å²) in [5.74, 6) is 0.300. The fourth-order valence-corrected chi connectivity index (χ4v) is 2.10. The third kappa shape index (κ3) is 6.67. The molecule has 0 aliphatic rings. The molecule has 0 atom stereocenters. The molecular weight excluding hydrogens is 318 g/mol. The summed E-state index contributed by atoms with van der Waals surface area (Å²) in [7, 11) is 0. The van der Waals surface area contributed by atoms with E-state index in [0.717, 1.165) is 17.7 Å². The Morgan fingerprint density at radius 2 is 1.72 bits per heavy atom. The van der Waals surface area contributed by atoms with Crippen molar-refractivity contribution in [1.82, 2.24) is 5.32 Å². The molecule has 2 aromatic rings. The molecule has 1 N–H and O–H groups in total. The SMILES string of the molecule is CCCOC(=O)CCNC(=O)c1ccc(COc2ccccc2)cc1. The van der Waals surface area contributed by atoms with Gasteiger partial charge in [-0.25, -0.2) is 0 Å². The van der Waals surface area contributed by atoms with Crippen LogP contribution in [0.1, 0.15) is 35.7 Å². The minimum absolute atomic E-state index is 0.175. The highest BCUT2D eigenvalue weighted by Crippen LogP contribution is 2.12. The van der Waals surface area contributed by atoms with E-state index < -0.39 is 0 Å². The van der Waals surface area contributed by atoms with Gasteiger partial charge in [-0.1, -0.05) is 37.3 Å². The van der Waals surface area contributed by atoms with Gasteiger partial charge in [-0.3, -0.25) is 9.59 Å². The minimum atomic E-state index is -0.296. The van der Waals surface area contributed by atoms with Gasteiger partial charge in [-0.15, -0.1) is 0 Å². The molecule has 5 heteroatoms.